The van der Waals surface area contributed by atoms with E-state index in [0.717, 1.165) is 0 Å². The van der Waals surface area contributed by atoms with Crippen LogP contribution in [0.15, 0.2) is 42.5 Å². The lowest BCUT2D eigenvalue weighted by molar-refractivity contribution is -0.119. The summed E-state index contributed by atoms with van der Waals surface area (Å²) in [6.45, 7) is 0.986. The van der Waals surface area contributed by atoms with Crippen LogP contribution in [0.2, 0.25) is 5.02 Å². The van der Waals surface area contributed by atoms with Crippen molar-refractivity contribution in [1.29, 1.82) is 0 Å². The summed E-state index contributed by atoms with van der Waals surface area (Å²) in [5.41, 5.74) is 1.16. The molecule has 0 spiro atoms. The van der Waals surface area contributed by atoms with Gasteiger partial charge in [0.15, 0.2) is 12.4 Å². The molecule has 0 saturated carbocycles. The minimum Gasteiger partial charge on any atom is -0.496 e. The van der Waals surface area contributed by atoms with Crippen molar-refractivity contribution >= 4 is 34.9 Å². The Morgan fingerprint density at radius 2 is 1.76 bits per heavy atom. The van der Waals surface area contributed by atoms with Crippen LogP contribution in [0.4, 0.5) is 5.69 Å². The molecule has 1 amide bonds. The molecule has 6 nitrogen and oxygen atoms in total. The molecule has 0 saturated heterocycles. The van der Waals surface area contributed by atoms with Crippen molar-refractivity contribution in [3.63, 3.8) is 0 Å². The maximum atomic E-state index is 12.1. The molecule has 0 unspecified atom stereocenters. The zero-order chi connectivity index (χ0) is 18.4. The van der Waals surface area contributed by atoms with E-state index in [1.165, 1.54) is 26.2 Å². The number of methoxy groups -OCH3 is 1. The number of halogens is 1. The summed E-state index contributed by atoms with van der Waals surface area (Å²) in [6, 6.07) is 10.9. The molecule has 2 rings (SSSR count). The molecule has 0 aromatic heterocycles. The van der Waals surface area contributed by atoms with Crippen LogP contribution in [-0.2, 0) is 9.53 Å². The number of ether oxygens (including phenoxy) is 2. The lowest BCUT2D eigenvalue weighted by atomic mass is 10.1. The summed E-state index contributed by atoms with van der Waals surface area (Å²) < 4.78 is 10.0. The molecule has 25 heavy (non-hydrogen) atoms. The van der Waals surface area contributed by atoms with Crippen LogP contribution in [0.1, 0.15) is 27.6 Å². The summed E-state index contributed by atoms with van der Waals surface area (Å²) in [5, 5.41) is 2.92. The van der Waals surface area contributed by atoms with E-state index in [9.17, 15) is 14.4 Å². The molecule has 2 aromatic rings. The van der Waals surface area contributed by atoms with Gasteiger partial charge < -0.3 is 14.8 Å². The number of hydrogen-bond donors (Lipinski definition) is 1. The Morgan fingerprint density at radius 1 is 1.08 bits per heavy atom. The fourth-order valence-electron chi connectivity index (χ4n) is 2.03. The highest BCUT2D eigenvalue weighted by Gasteiger charge is 2.16. The second-order valence-corrected chi connectivity index (χ2v) is 5.54. The average Bonchev–Trinajstić information content (AvgIpc) is 2.60. The van der Waals surface area contributed by atoms with Crippen molar-refractivity contribution in [1.82, 2.24) is 0 Å². The van der Waals surface area contributed by atoms with Crippen LogP contribution < -0.4 is 10.1 Å². The third kappa shape index (κ3) is 5.06. The van der Waals surface area contributed by atoms with E-state index in [4.69, 9.17) is 21.1 Å². The number of carbonyl (C=O) groups is 3. The second kappa shape index (κ2) is 8.30. The molecule has 0 aliphatic heterocycles. The van der Waals surface area contributed by atoms with E-state index < -0.39 is 18.5 Å². The van der Waals surface area contributed by atoms with Gasteiger partial charge in [-0.15, -0.1) is 0 Å². The maximum Gasteiger partial charge on any atom is 0.342 e. The van der Waals surface area contributed by atoms with E-state index >= 15 is 0 Å². The second-order valence-electron chi connectivity index (χ2n) is 5.10. The van der Waals surface area contributed by atoms with Crippen molar-refractivity contribution in [3.05, 3.63) is 58.6 Å². The number of ketones is 1. The van der Waals surface area contributed by atoms with Crippen LogP contribution in [0.3, 0.4) is 0 Å². The number of Topliss-reactive ketones (excluding diaryl/α,β-unsaturated/α-hetero) is 1. The Balaban J connectivity index is 1.94. The van der Waals surface area contributed by atoms with Gasteiger partial charge in [-0.2, -0.15) is 0 Å². The number of carbonyl (C=O) groups excluding carboxylic acids is 3. The summed E-state index contributed by atoms with van der Waals surface area (Å²) in [5.74, 6) is -0.997. The van der Waals surface area contributed by atoms with Crippen LogP contribution >= 0.6 is 11.6 Å². The van der Waals surface area contributed by atoms with Crippen molar-refractivity contribution < 1.29 is 23.9 Å². The number of amides is 1. The third-order valence-corrected chi connectivity index (χ3v) is 3.53. The highest BCUT2D eigenvalue weighted by atomic mass is 35.5. The van der Waals surface area contributed by atoms with Gasteiger partial charge in [-0.25, -0.2) is 4.79 Å². The average molecular weight is 362 g/mol. The van der Waals surface area contributed by atoms with Crippen molar-refractivity contribution in [2.24, 2.45) is 0 Å². The van der Waals surface area contributed by atoms with Crippen molar-refractivity contribution in [2.75, 3.05) is 19.0 Å². The molecule has 0 atom stereocenters. The molecule has 1 N–H and O–H groups in total. The lowest BCUT2D eigenvalue weighted by Gasteiger charge is -2.09. The molecule has 0 radical (unpaired) electrons. The van der Waals surface area contributed by atoms with Crippen molar-refractivity contribution in [2.45, 2.75) is 6.92 Å². The zero-order valence-corrected chi connectivity index (χ0v) is 14.4. The molecular formula is C18H16ClNO5. The molecule has 0 bridgehead atoms. The quantitative estimate of drug-likeness (QED) is 0.630. The first-order valence-electron chi connectivity index (χ1n) is 7.32. The fraction of sp³-hybridized carbons (Fsp3) is 0.167. The Kier molecular flexibility index (Phi) is 6.14. The van der Waals surface area contributed by atoms with Crippen LogP contribution in [0, 0.1) is 0 Å². The Labute approximate surface area is 149 Å². The standard InChI is InChI=1S/C18H16ClNO5/c1-11(21)12-3-6-14(7-4-12)20-17(22)10-25-18(23)15-9-13(19)5-8-16(15)24-2/h3-9H,10H2,1-2H3,(H,20,22). The number of benzene rings is 2. The smallest absolute Gasteiger partial charge is 0.342 e. The first-order chi connectivity index (χ1) is 11.9. The summed E-state index contributed by atoms with van der Waals surface area (Å²) in [4.78, 5) is 35.2. The summed E-state index contributed by atoms with van der Waals surface area (Å²) in [7, 11) is 1.41. The topological polar surface area (TPSA) is 81.7 Å². The minimum absolute atomic E-state index is 0.0673. The summed E-state index contributed by atoms with van der Waals surface area (Å²) >= 11 is 5.86. The number of hydrogen-bond acceptors (Lipinski definition) is 5. The Hall–Kier alpha value is -2.86. The highest BCUT2D eigenvalue weighted by Crippen LogP contribution is 2.23. The van der Waals surface area contributed by atoms with Gasteiger partial charge in [-0.1, -0.05) is 11.6 Å². The maximum absolute atomic E-state index is 12.1. The molecule has 0 aliphatic carbocycles. The fourth-order valence-corrected chi connectivity index (χ4v) is 2.21. The van der Waals surface area contributed by atoms with Crippen LogP contribution in [0.5, 0.6) is 5.75 Å². The normalized spacial score (nSPS) is 10.0. The first kappa shape index (κ1) is 18.5. The Morgan fingerprint density at radius 3 is 2.36 bits per heavy atom. The SMILES string of the molecule is COc1ccc(Cl)cc1C(=O)OCC(=O)Nc1ccc(C(C)=O)cc1. The van der Waals surface area contributed by atoms with E-state index in [1.807, 2.05) is 0 Å². The van der Waals surface area contributed by atoms with E-state index in [-0.39, 0.29) is 11.3 Å². The van der Waals surface area contributed by atoms with Gasteiger partial charge in [0, 0.05) is 16.3 Å². The Bertz CT molecular complexity index is 802. The monoisotopic (exact) mass is 361 g/mol. The minimum atomic E-state index is -0.721. The van der Waals surface area contributed by atoms with E-state index in [1.54, 1.807) is 30.3 Å². The predicted octanol–water partition coefficient (Wildman–Crippen LogP) is 3.35. The largest absolute Gasteiger partial charge is 0.496 e. The highest BCUT2D eigenvalue weighted by molar-refractivity contribution is 6.31. The number of rotatable bonds is 6. The van der Waals surface area contributed by atoms with Gasteiger partial charge >= 0.3 is 5.97 Å². The number of nitrogens with one attached hydrogen (secondary N) is 1. The van der Waals surface area contributed by atoms with Crippen LogP contribution in [0.25, 0.3) is 0 Å². The van der Waals surface area contributed by atoms with Gasteiger partial charge in [0.05, 0.1) is 7.11 Å². The third-order valence-electron chi connectivity index (χ3n) is 3.29. The molecule has 0 fully saturated rings. The zero-order valence-electron chi connectivity index (χ0n) is 13.7. The summed E-state index contributed by atoms with van der Waals surface area (Å²) in [6.07, 6.45) is 0. The van der Waals surface area contributed by atoms with Gasteiger partial charge in [-0.05, 0) is 49.4 Å². The van der Waals surface area contributed by atoms with Gasteiger partial charge in [-0.3, -0.25) is 9.59 Å². The van der Waals surface area contributed by atoms with E-state index in [0.29, 0.717) is 22.0 Å². The van der Waals surface area contributed by atoms with Gasteiger partial charge in [0.25, 0.3) is 5.91 Å². The molecule has 0 aliphatic rings. The first-order valence-corrected chi connectivity index (χ1v) is 7.70. The molecule has 7 heteroatoms. The molecular weight excluding hydrogens is 346 g/mol. The lowest BCUT2D eigenvalue weighted by Crippen LogP contribution is -2.21. The molecule has 130 valence electrons. The number of esters is 1. The van der Waals surface area contributed by atoms with Crippen LogP contribution in [-0.4, -0.2) is 31.4 Å². The number of anilines is 1. The predicted molar refractivity (Wildman–Crippen MR) is 93.4 cm³/mol. The van der Waals surface area contributed by atoms with Gasteiger partial charge in [0.1, 0.15) is 11.3 Å². The molecule has 0 heterocycles. The van der Waals surface area contributed by atoms with Gasteiger partial charge in [0.2, 0.25) is 0 Å². The van der Waals surface area contributed by atoms with E-state index in [2.05, 4.69) is 5.32 Å². The van der Waals surface area contributed by atoms with Crippen molar-refractivity contribution in [3.8, 4) is 5.75 Å². The molecule has 2 aromatic carbocycles.